The first-order valence-electron chi connectivity index (χ1n) is 14.1. The molecule has 9 heteroatoms. The van der Waals surface area contributed by atoms with Gasteiger partial charge in [0.2, 0.25) is 5.91 Å². The van der Waals surface area contributed by atoms with Gasteiger partial charge in [0.15, 0.2) is 5.11 Å². The number of carbonyl (C=O) groups excluding carboxylic acids is 1. The summed E-state index contributed by atoms with van der Waals surface area (Å²) in [7, 11) is 4.07. The fourth-order valence-corrected chi connectivity index (χ4v) is 5.55. The monoisotopic (exact) mass is 541 g/mol. The molecule has 0 atom stereocenters. The predicted molar refractivity (Wildman–Crippen MR) is 163 cm³/mol. The molecule has 0 aromatic heterocycles. The molecule has 2 fully saturated rings. The summed E-state index contributed by atoms with van der Waals surface area (Å²) in [5.74, 6) is 0.412. The number of carbonyl (C=O) groups is 1. The number of nitrogens with zero attached hydrogens (tertiary/aromatic N) is 6. The molecule has 0 saturated carbocycles. The molecule has 2 aliphatic heterocycles. The van der Waals surface area contributed by atoms with Crippen LogP contribution in [0, 0.1) is 5.92 Å². The highest BCUT2D eigenvalue weighted by molar-refractivity contribution is 7.80. The van der Waals surface area contributed by atoms with Gasteiger partial charge in [0.1, 0.15) is 0 Å². The quantitative estimate of drug-likeness (QED) is 0.274. The number of likely N-dealkylation sites (tertiary alicyclic amines) is 1. The van der Waals surface area contributed by atoms with Crippen molar-refractivity contribution in [2.45, 2.75) is 46.5 Å². The molecular weight excluding hydrogens is 494 g/mol. The van der Waals surface area contributed by atoms with E-state index in [1.807, 2.05) is 23.9 Å². The number of thiocarbonyl (C=S) groups is 1. The van der Waals surface area contributed by atoms with E-state index in [2.05, 4.69) is 77.0 Å². The van der Waals surface area contributed by atoms with Gasteiger partial charge in [-0.1, -0.05) is 26.0 Å². The molecule has 8 nitrogen and oxygen atoms in total. The van der Waals surface area contributed by atoms with Crippen LogP contribution in [0.4, 0.5) is 5.69 Å². The Labute approximate surface area is 235 Å². The van der Waals surface area contributed by atoms with Gasteiger partial charge in [0.25, 0.3) is 0 Å². The van der Waals surface area contributed by atoms with Crippen LogP contribution < -0.4 is 10.3 Å². The van der Waals surface area contributed by atoms with E-state index in [9.17, 15) is 4.79 Å². The van der Waals surface area contributed by atoms with Gasteiger partial charge in [-0.2, -0.15) is 0 Å². The van der Waals surface area contributed by atoms with Crippen LogP contribution in [0.25, 0.3) is 5.70 Å². The Hall–Kier alpha value is -2.65. The van der Waals surface area contributed by atoms with Crippen LogP contribution in [0.15, 0.2) is 35.0 Å². The van der Waals surface area contributed by atoms with Crippen molar-refractivity contribution in [2.75, 3.05) is 71.4 Å². The fourth-order valence-electron chi connectivity index (χ4n) is 5.23. The summed E-state index contributed by atoms with van der Waals surface area (Å²) in [4.78, 5) is 26.2. The number of rotatable bonds is 10. The number of hydrogen-bond donors (Lipinski definition) is 1. The molecule has 2 heterocycles. The molecular formula is C29H47N7OS. The van der Waals surface area contributed by atoms with Crippen LogP contribution in [-0.4, -0.2) is 104 Å². The molecule has 2 saturated heterocycles. The minimum absolute atomic E-state index is 0.0990. The number of allylic oxidation sites excluding steroid dienone is 1. The minimum Gasteiger partial charge on any atom is -0.372 e. The van der Waals surface area contributed by atoms with E-state index in [0.29, 0.717) is 11.0 Å². The highest BCUT2D eigenvalue weighted by atomic mass is 32.1. The van der Waals surface area contributed by atoms with Gasteiger partial charge in [-0.3, -0.25) is 20.2 Å². The van der Waals surface area contributed by atoms with E-state index in [-0.39, 0.29) is 5.92 Å². The molecule has 1 N–H and O–H groups in total. The maximum absolute atomic E-state index is 13.0. The van der Waals surface area contributed by atoms with E-state index in [4.69, 9.17) is 12.2 Å². The molecule has 0 aliphatic carbocycles. The van der Waals surface area contributed by atoms with Crippen LogP contribution in [0.2, 0.25) is 0 Å². The Kier molecular flexibility index (Phi) is 11.4. The first-order chi connectivity index (χ1) is 18.3. The third kappa shape index (κ3) is 7.69. The van der Waals surface area contributed by atoms with Gasteiger partial charge in [-0.05, 0) is 70.7 Å². The van der Waals surface area contributed by atoms with E-state index in [1.54, 1.807) is 0 Å². The van der Waals surface area contributed by atoms with Gasteiger partial charge in [-0.25, -0.2) is 0 Å². The second-order valence-corrected chi connectivity index (χ2v) is 10.9. The zero-order valence-corrected chi connectivity index (χ0v) is 24.9. The van der Waals surface area contributed by atoms with E-state index in [0.717, 1.165) is 95.0 Å². The Morgan fingerprint density at radius 3 is 2.13 bits per heavy atom. The van der Waals surface area contributed by atoms with Gasteiger partial charge >= 0.3 is 0 Å². The van der Waals surface area contributed by atoms with Crippen molar-refractivity contribution < 1.29 is 4.79 Å². The largest absolute Gasteiger partial charge is 0.372 e. The Bertz CT molecular complexity index is 958. The van der Waals surface area contributed by atoms with Crippen molar-refractivity contribution in [3.63, 3.8) is 0 Å². The molecule has 210 valence electrons. The second-order valence-electron chi connectivity index (χ2n) is 10.5. The normalized spacial score (nSPS) is 17.6. The first kappa shape index (κ1) is 29.9. The van der Waals surface area contributed by atoms with Crippen molar-refractivity contribution in [1.29, 1.82) is 0 Å². The SMILES string of the molecule is C=N/C(=C(/C)N(C)NC(=S)N1CCC(C(=O)N2CCN(C)CC2)CC1)c1ccc(N(CCC)CCC)cc1. The van der Waals surface area contributed by atoms with Crippen molar-refractivity contribution in [3.05, 3.63) is 35.5 Å². The van der Waals surface area contributed by atoms with Crippen molar-refractivity contribution in [1.82, 2.24) is 25.1 Å². The van der Waals surface area contributed by atoms with E-state index >= 15 is 0 Å². The highest BCUT2D eigenvalue weighted by Crippen LogP contribution is 2.25. The predicted octanol–water partition coefficient (Wildman–Crippen LogP) is 3.91. The third-order valence-corrected chi connectivity index (χ3v) is 8.06. The Balaban J connectivity index is 1.57. The van der Waals surface area contributed by atoms with Crippen LogP contribution in [0.3, 0.4) is 0 Å². The molecule has 0 unspecified atom stereocenters. The Morgan fingerprint density at radius 2 is 1.61 bits per heavy atom. The number of anilines is 1. The number of likely N-dealkylation sites (N-methyl/N-ethyl adjacent to an activating group) is 1. The van der Waals surface area contributed by atoms with Crippen LogP contribution in [0.1, 0.15) is 52.0 Å². The highest BCUT2D eigenvalue weighted by Gasteiger charge is 2.30. The fraction of sp³-hybridized carbons (Fsp3) is 0.621. The Morgan fingerprint density at radius 1 is 1.03 bits per heavy atom. The standard InChI is InChI=1S/C29H47N7OS/c1-7-15-34(16-8-2)26-11-9-24(10-12-26)27(30-4)23(3)33(6)31-29(38)36-17-13-25(14-18-36)28(37)35-21-19-32(5)20-22-35/h9-12,25H,4,7-8,13-22H2,1-3,5-6H3,(H,31,38)/b27-23-. The topological polar surface area (TPSA) is 57.7 Å². The number of benzene rings is 1. The number of hydrogen-bond acceptors (Lipinski definition) is 6. The summed E-state index contributed by atoms with van der Waals surface area (Å²) in [6, 6.07) is 8.58. The van der Waals surface area contributed by atoms with Gasteiger partial charge in [-0.15, -0.1) is 0 Å². The number of piperidine rings is 1. The summed E-state index contributed by atoms with van der Waals surface area (Å²) in [5, 5.41) is 2.59. The lowest BCUT2D eigenvalue weighted by molar-refractivity contribution is -0.138. The second kappa shape index (κ2) is 14.5. The molecule has 3 rings (SSSR count). The summed E-state index contributed by atoms with van der Waals surface area (Å²) in [5.41, 5.74) is 7.37. The summed E-state index contributed by atoms with van der Waals surface area (Å²) < 4.78 is 0. The van der Waals surface area contributed by atoms with Gasteiger partial charge in [0, 0.05) is 76.6 Å². The third-order valence-electron chi connectivity index (χ3n) is 7.71. The number of nitrogens with one attached hydrogen (secondary N) is 1. The molecule has 1 aromatic rings. The minimum atomic E-state index is 0.0990. The number of amides is 1. The molecule has 1 aromatic carbocycles. The van der Waals surface area contributed by atoms with E-state index in [1.165, 1.54) is 5.69 Å². The average Bonchev–Trinajstić information content (AvgIpc) is 2.93. The maximum Gasteiger partial charge on any atom is 0.225 e. The summed E-state index contributed by atoms with van der Waals surface area (Å²) >= 11 is 5.74. The van der Waals surface area contributed by atoms with Gasteiger partial charge < -0.3 is 19.6 Å². The zero-order valence-electron chi connectivity index (χ0n) is 24.1. The zero-order chi connectivity index (χ0) is 27.7. The lowest BCUT2D eigenvalue weighted by atomic mass is 9.95. The smallest absolute Gasteiger partial charge is 0.225 e. The molecule has 0 bridgehead atoms. The lowest BCUT2D eigenvalue weighted by Crippen LogP contribution is -2.53. The number of piperazine rings is 1. The van der Waals surface area contributed by atoms with Crippen molar-refractivity contribution in [2.24, 2.45) is 10.9 Å². The van der Waals surface area contributed by atoms with Gasteiger partial charge in [0.05, 0.1) is 11.4 Å². The summed E-state index contributed by atoms with van der Waals surface area (Å²) in [6.07, 6.45) is 3.93. The molecule has 38 heavy (non-hydrogen) atoms. The van der Waals surface area contributed by atoms with Crippen LogP contribution >= 0.6 is 12.2 Å². The van der Waals surface area contributed by atoms with Crippen LogP contribution in [0.5, 0.6) is 0 Å². The van der Waals surface area contributed by atoms with Crippen LogP contribution in [-0.2, 0) is 4.79 Å². The van der Waals surface area contributed by atoms with Crippen molar-refractivity contribution in [3.8, 4) is 0 Å². The lowest BCUT2D eigenvalue weighted by Gasteiger charge is -2.38. The number of hydrazine groups is 1. The molecule has 0 spiro atoms. The first-order valence-corrected chi connectivity index (χ1v) is 14.5. The van der Waals surface area contributed by atoms with E-state index < -0.39 is 0 Å². The molecule has 0 radical (unpaired) electrons. The molecule has 1 amide bonds. The maximum atomic E-state index is 13.0. The molecule has 2 aliphatic rings. The average molecular weight is 542 g/mol. The summed E-state index contributed by atoms with van der Waals surface area (Å²) in [6.45, 7) is 17.6. The van der Waals surface area contributed by atoms with Crippen molar-refractivity contribution >= 4 is 41.3 Å². The number of aliphatic imine (C=N–C) groups is 1.